The molecule has 110 valence electrons. The molecule has 0 saturated heterocycles. The molecule has 19 heavy (non-hydrogen) atoms. The lowest BCUT2D eigenvalue weighted by molar-refractivity contribution is 0.156. The van der Waals surface area contributed by atoms with Crippen LogP contribution >= 0.6 is 0 Å². The van der Waals surface area contributed by atoms with Gasteiger partial charge in [-0.05, 0) is 45.7 Å². The van der Waals surface area contributed by atoms with Gasteiger partial charge in [0.05, 0.1) is 6.10 Å². The quantitative estimate of drug-likeness (QED) is 0.503. The van der Waals surface area contributed by atoms with Crippen LogP contribution in [0.5, 0.6) is 0 Å². The summed E-state index contributed by atoms with van der Waals surface area (Å²) in [4.78, 5) is 0. The fourth-order valence-electron chi connectivity index (χ4n) is 1.93. The molecule has 0 aliphatic heterocycles. The van der Waals surface area contributed by atoms with E-state index in [1.54, 1.807) is 6.08 Å². The molecule has 0 spiro atoms. The zero-order valence-electron chi connectivity index (χ0n) is 12.7. The lowest BCUT2D eigenvalue weighted by Gasteiger charge is -2.28. The third kappa shape index (κ3) is 9.65. The molecule has 0 bridgehead atoms. The molecule has 0 fully saturated rings. The van der Waals surface area contributed by atoms with Crippen molar-refractivity contribution in [1.82, 2.24) is 10.6 Å². The molecule has 0 aliphatic carbocycles. The lowest BCUT2D eigenvalue weighted by Crippen LogP contribution is -2.45. The molecule has 0 aromatic rings. The number of β-amino-alcohol motifs (C(OH)–C–C–N with tert-alkyl or cyclic N) is 1. The highest BCUT2D eigenvalue weighted by Crippen LogP contribution is 2.16. The van der Waals surface area contributed by atoms with Gasteiger partial charge in [0.2, 0.25) is 0 Å². The van der Waals surface area contributed by atoms with Crippen molar-refractivity contribution < 1.29 is 5.11 Å². The van der Waals surface area contributed by atoms with E-state index in [2.05, 4.69) is 37.6 Å². The third-order valence-electron chi connectivity index (χ3n) is 3.12. The fourth-order valence-corrected chi connectivity index (χ4v) is 1.93. The van der Waals surface area contributed by atoms with Gasteiger partial charge in [-0.25, -0.2) is 0 Å². The van der Waals surface area contributed by atoms with E-state index in [4.69, 9.17) is 0 Å². The molecule has 0 rings (SSSR count). The minimum absolute atomic E-state index is 0.0369. The molecular weight excluding hydrogens is 236 g/mol. The van der Waals surface area contributed by atoms with Crippen LogP contribution in [0, 0.1) is 0 Å². The van der Waals surface area contributed by atoms with Gasteiger partial charge in [0, 0.05) is 18.6 Å². The summed E-state index contributed by atoms with van der Waals surface area (Å²) >= 11 is 0. The second-order valence-electron chi connectivity index (χ2n) is 5.51. The van der Waals surface area contributed by atoms with Gasteiger partial charge in [-0.15, -0.1) is 0 Å². The summed E-state index contributed by atoms with van der Waals surface area (Å²) in [5.41, 5.74) is 1.26. The molecule has 0 aromatic carbocycles. The van der Waals surface area contributed by atoms with E-state index in [1.165, 1.54) is 5.57 Å². The molecule has 0 amide bonds. The Morgan fingerprint density at radius 3 is 2.53 bits per heavy atom. The van der Waals surface area contributed by atoms with E-state index in [-0.39, 0.29) is 11.6 Å². The topological polar surface area (TPSA) is 44.3 Å². The first-order valence-electron chi connectivity index (χ1n) is 6.97. The van der Waals surface area contributed by atoms with Crippen molar-refractivity contribution >= 4 is 0 Å². The Morgan fingerprint density at radius 1 is 1.32 bits per heavy atom. The lowest BCUT2D eigenvalue weighted by atomic mass is 9.95. The molecule has 0 radical (unpaired) electrons. The monoisotopic (exact) mass is 266 g/mol. The van der Waals surface area contributed by atoms with Crippen LogP contribution < -0.4 is 10.6 Å². The van der Waals surface area contributed by atoms with Gasteiger partial charge < -0.3 is 15.7 Å². The smallest absolute Gasteiger partial charge is 0.0788 e. The summed E-state index contributed by atoms with van der Waals surface area (Å²) in [5, 5.41) is 16.1. The van der Waals surface area contributed by atoms with Crippen LogP contribution in [0.2, 0.25) is 0 Å². The van der Waals surface area contributed by atoms with Crippen LogP contribution in [0.25, 0.3) is 0 Å². The summed E-state index contributed by atoms with van der Waals surface area (Å²) in [6.07, 6.45) is 8.51. The first kappa shape index (κ1) is 18.1. The second-order valence-corrected chi connectivity index (χ2v) is 5.51. The number of hydrogen-bond donors (Lipinski definition) is 3. The molecule has 3 nitrogen and oxygen atoms in total. The van der Waals surface area contributed by atoms with Gasteiger partial charge in [-0.3, -0.25) is 0 Å². The third-order valence-corrected chi connectivity index (χ3v) is 3.12. The minimum Gasteiger partial charge on any atom is -0.390 e. The van der Waals surface area contributed by atoms with Gasteiger partial charge in [0.15, 0.2) is 0 Å². The molecule has 0 aromatic heterocycles. The van der Waals surface area contributed by atoms with E-state index in [1.807, 2.05) is 19.2 Å². The van der Waals surface area contributed by atoms with Gasteiger partial charge in [-0.2, -0.15) is 0 Å². The van der Waals surface area contributed by atoms with Crippen molar-refractivity contribution in [2.75, 3.05) is 20.1 Å². The largest absolute Gasteiger partial charge is 0.390 e. The number of aliphatic hydroxyl groups is 1. The van der Waals surface area contributed by atoms with Crippen molar-refractivity contribution in [2.45, 2.75) is 44.8 Å². The predicted octanol–water partition coefficient (Wildman–Crippen LogP) is 2.40. The average molecular weight is 266 g/mol. The van der Waals surface area contributed by atoms with Crippen LogP contribution in [0.1, 0.15) is 33.1 Å². The number of aliphatic hydroxyl groups excluding tert-OH is 1. The summed E-state index contributed by atoms with van der Waals surface area (Å²) in [5.74, 6) is 0. The second kappa shape index (κ2) is 9.96. The van der Waals surface area contributed by atoms with Gasteiger partial charge >= 0.3 is 0 Å². The van der Waals surface area contributed by atoms with E-state index in [0.717, 1.165) is 19.3 Å². The van der Waals surface area contributed by atoms with Crippen molar-refractivity contribution in [3.8, 4) is 0 Å². The maximum absolute atomic E-state index is 9.68. The Balaban J connectivity index is 3.99. The normalized spacial score (nSPS) is 14.2. The Kier molecular flexibility index (Phi) is 9.48. The van der Waals surface area contributed by atoms with E-state index < -0.39 is 0 Å². The summed E-state index contributed by atoms with van der Waals surface area (Å²) in [6.45, 7) is 13.1. The average Bonchev–Trinajstić information content (AvgIpc) is 2.36. The summed E-state index contributed by atoms with van der Waals surface area (Å²) < 4.78 is 0. The van der Waals surface area contributed by atoms with E-state index in [9.17, 15) is 5.11 Å². The van der Waals surface area contributed by atoms with Crippen LogP contribution in [0.4, 0.5) is 0 Å². The first-order valence-corrected chi connectivity index (χ1v) is 6.97. The maximum Gasteiger partial charge on any atom is 0.0788 e. The van der Waals surface area contributed by atoms with Crippen molar-refractivity contribution in [3.63, 3.8) is 0 Å². The highest BCUT2D eigenvalue weighted by atomic mass is 16.3. The Labute approximate surface area is 118 Å². The molecule has 0 saturated carbocycles. The number of hydrogen-bond acceptors (Lipinski definition) is 3. The number of nitrogens with one attached hydrogen (secondary N) is 2. The molecule has 1 unspecified atom stereocenters. The van der Waals surface area contributed by atoms with Gasteiger partial charge in [0.1, 0.15) is 0 Å². The summed E-state index contributed by atoms with van der Waals surface area (Å²) in [6, 6.07) is 0. The number of likely N-dealkylation sites (N-methyl/N-ethyl adjacent to an activating group) is 1. The van der Waals surface area contributed by atoms with Crippen LogP contribution in [0.15, 0.2) is 37.0 Å². The fraction of sp³-hybridized carbons (Fsp3) is 0.625. The zero-order valence-corrected chi connectivity index (χ0v) is 12.7. The van der Waals surface area contributed by atoms with Crippen molar-refractivity contribution in [1.29, 1.82) is 0 Å². The standard InChI is InChI=1S/C16H30N2O/c1-6-9-14(7-2)10-8-11-16(3,4)18-13-15(19)12-17-5/h6-7,9,15,17-19H,1-2,8,10-13H2,3-5H3/b14-9+. The summed E-state index contributed by atoms with van der Waals surface area (Å²) in [7, 11) is 1.84. The molecule has 3 heteroatoms. The van der Waals surface area contributed by atoms with Crippen LogP contribution in [-0.4, -0.2) is 36.9 Å². The molecule has 3 N–H and O–H groups in total. The molecular formula is C16H30N2O. The van der Waals surface area contributed by atoms with Crippen molar-refractivity contribution in [3.05, 3.63) is 37.0 Å². The highest BCUT2D eigenvalue weighted by Gasteiger charge is 2.17. The SMILES string of the molecule is C=C/C=C(\C=C)CCCC(C)(C)NCC(O)CNC. The number of rotatable bonds is 11. The van der Waals surface area contributed by atoms with Crippen LogP contribution in [-0.2, 0) is 0 Å². The van der Waals surface area contributed by atoms with E-state index >= 15 is 0 Å². The van der Waals surface area contributed by atoms with Crippen molar-refractivity contribution in [2.24, 2.45) is 0 Å². The minimum atomic E-state index is -0.339. The Hall–Kier alpha value is -0.900. The highest BCUT2D eigenvalue weighted by molar-refractivity contribution is 5.20. The molecule has 1 atom stereocenters. The Morgan fingerprint density at radius 2 is 2.00 bits per heavy atom. The Bertz CT molecular complexity index is 295. The van der Waals surface area contributed by atoms with E-state index in [0.29, 0.717) is 13.1 Å². The van der Waals surface area contributed by atoms with Crippen LogP contribution in [0.3, 0.4) is 0 Å². The first-order chi connectivity index (χ1) is 8.95. The molecule has 0 heterocycles. The zero-order chi connectivity index (χ0) is 14.7. The van der Waals surface area contributed by atoms with Gasteiger partial charge in [-0.1, -0.05) is 31.4 Å². The molecule has 0 aliphatic rings. The maximum atomic E-state index is 9.68. The predicted molar refractivity (Wildman–Crippen MR) is 84.3 cm³/mol. The number of allylic oxidation sites excluding steroid dienone is 4. The van der Waals surface area contributed by atoms with Gasteiger partial charge in [0.25, 0.3) is 0 Å².